The topological polar surface area (TPSA) is 135 Å². The highest BCUT2D eigenvalue weighted by Crippen LogP contribution is 2.36. The van der Waals surface area contributed by atoms with E-state index in [4.69, 9.17) is 16.0 Å². The van der Waals surface area contributed by atoms with Gasteiger partial charge >= 0.3 is 0 Å². The molecule has 1 aromatic carbocycles. The van der Waals surface area contributed by atoms with E-state index in [2.05, 4.69) is 30.6 Å². The third kappa shape index (κ3) is 5.92. The van der Waals surface area contributed by atoms with Crippen LogP contribution in [0.5, 0.6) is 0 Å². The second kappa shape index (κ2) is 12.1. The van der Waals surface area contributed by atoms with E-state index >= 15 is 0 Å². The van der Waals surface area contributed by atoms with E-state index < -0.39 is 0 Å². The normalized spacial score (nSPS) is 12.7. The molecule has 2 N–H and O–H groups in total. The average Bonchev–Trinajstić information content (AvgIpc) is 3.45. The van der Waals surface area contributed by atoms with Crippen molar-refractivity contribution in [2.24, 2.45) is 7.05 Å². The SMILES string of the molecule is Cc1ccc(CN(C(=O)c2cc(-c3cccc(-c4ccc(C(=O)Nc5cc(-c6ccncc6)nn5C)cn4)c3Cl)[nH]n2)C2CC2)o1. The molecule has 0 unspecified atom stereocenters. The number of furan rings is 1. The number of nitrogens with one attached hydrogen (secondary N) is 2. The summed E-state index contributed by atoms with van der Waals surface area (Å²) in [6, 6.07) is 20.2. The lowest BCUT2D eigenvalue weighted by molar-refractivity contribution is 0.0710. The first kappa shape index (κ1) is 29.2. The first-order valence-electron chi connectivity index (χ1n) is 14.8. The number of aromatic nitrogens is 6. The molecular formula is C34H29ClN8O3. The molecule has 1 aliphatic rings. The largest absolute Gasteiger partial charge is 0.464 e. The number of carbonyl (C=O) groups excluding carboxylic acids is 2. The Labute approximate surface area is 269 Å². The van der Waals surface area contributed by atoms with Crippen LogP contribution in [0.15, 0.2) is 89.7 Å². The van der Waals surface area contributed by atoms with Gasteiger partial charge in [-0.1, -0.05) is 29.8 Å². The molecule has 11 nitrogen and oxygen atoms in total. The molecule has 46 heavy (non-hydrogen) atoms. The lowest BCUT2D eigenvalue weighted by atomic mass is 10.0. The molecule has 0 saturated heterocycles. The van der Waals surface area contributed by atoms with Crippen LogP contribution in [0.3, 0.4) is 0 Å². The van der Waals surface area contributed by atoms with Gasteiger partial charge < -0.3 is 14.6 Å². The molecule has 230 valence electrons. The minimum Gasteiger partial charge on any atom is -0.464 e. The summed E-state index contributed by atoms with van der Waals surface area (Å²) in [6.45, 7) is 2.28. The molecule has 2 amide bonds. The fraction of sp³-hybridized carbons (Fsp3) is 0.176. The van der Waals surface area contributed by atoms with Crippen LogP contribution in [0.2, 0.25) is 5.02 Å². The van der Waals surface area contributed by atoms with E-state index in [1.54, 1.807) is 48.4 Å². The lowest BCUT2D eigenvalue weighted by Crippen LogP contribution is -2.32. The fourth-order valence-corrected chi connectivity index (χ4v) is 5.59. The highest BCUT2D eigenvalue weighted by Gasteiger charge is 2.35. The number of H-pyrrole nitrogens is 1. The number of aryl methyl sites for hydroxylation is 2. The van der Waals surface area contributed by atoms with E-state index in [9.17, 15) is 9.59 Å². The van der Waals surface area contributed by atoms with E-state index in [1.165, 1.54) is 6.20 Å². The van der Waals surface area contributed by atoms with Gasteiger partial charge in [-0.3, -0.25) is 29.3 Å². The molecule has 1 saturated carbocycles. The van der Waals surface area contributed by atoms with Gasteiger partial charge in [-0.05, 0) is 62.2 Å². The molecule has 0 radical (unpaired) electrons. The van der Waals surface area contributed by atoms with E-state index in [-0.39, 0.29) is 17.9 Å². The Morgan fingerprint density at radius 1 is 1.04 bits per heavy atom. The number of hydrogen-bond donors (Lipinski definition) is 2. The van der Waals surface area contributed by atoms with Crippen molar-refractivity contribution in [3.8, 4) is 33.8 Å². The first-order chi connectivity index (χ1) is 22.3. The maximum atomic E-state index is 13.5. The molecule has 0 aliphatic heterocycles. The predicted molar refractivity (Wildman–Crippen MR) is 173 cm³/mol. The van der Waals surface area contributed by atoms with Gasteiger partial charge in [0.25, 0.3) is 11.8 Å². The number of pyridine rings is 2. The summed E-state index contributed by atoms with van der Waals surface area (Å²) in [6.07, 6.45) is 6.81. The number of hydrogen-bond acceptors (Lipinski definition) is 7. The minimum absolute atomic E-state index is 0.165. The molecule has 5 heterocycles. The van der Waals surface area contributed by atoms with Gasteiger partial charge in [-0.25, -0.2) is 0 Å². The fourth-order valence-electron chi connectivity index (χ4n) is 5.27. The van der Waals surface area contributed by atoms with Gasteiger partial charge in [-0.15, -0.1) is 0 Å². The van der Waals surface area contributed by atoms with Crippen molar-refractivity contribution in [3.05, 3.63) is 113 Å². The number of aromatic amines is 1. The van der Waals surface area contributed by atoms with Crippen LogP contribution in [0.1, 0.15) is 45.2 Å². The Morgan fingerprint density at radius 3 is 2.57 bits per heavy atom. The standard InChI is InChI=1S/C34H29ClN8O3/c1-20-6-10-24(46-20)19-43(23-8-9-23)34(45)30-16-29(39-40-30)26-5-3-4-25(32(26)35)27-11-7-22(18-37-27)33(44)38-31-17-28(41-42(31)2)21-12-14-36-15-13-21/h3-7,10-18,23H,8-9,19H2,1-2H3,(H,38,44)(H,39,40). The van der Waals surface area contributed by atoms with Gasteiger partial charge in [0.1, 0.15) is 17.3 Å². The van der Waals surface area contributed by atoms with E-state index in [1.807, 2.05) is 54.3 Å². The number of carbonyl (C=O) groups is 2. The Bertz CT molecular complexity index is 2040. The molecule has 1 aliphatic carbocycles. The highest BCUT2D eigenvalue weighted by molar-refractivity contribution is 6.36. The summed E-state index contributed by atoms with van der Waals surface area (Å²) in [5, 5.41) is 15.1. The van der Waals surface area contributed by atoms with Gasteiger partial charge in [0, 0.05) is 54.4 Å². The smallest absolute Gasteiger partial charge is 0.275 e. The third-order valence-electron chi connectivity index (χ3n) is 7.86. The van der Waals surface area contributed by atoms with Gasteiger partial charge in [0.05, 0.1) is 34.2 Å². The van der Waals surface area contributed by atoms with Crippen LogP contribution in [0.4, 0.5) is 5.82 Å². The molecule has 0 spiro atoms. The summed E-state index contributed by atoms with van der Waals surface area (Å²) in [5.74, 6) is 1.61. The molecule has 12 heteroatoms. The van der Waals surface area contributed by atoms with Crippen LogP contribution in [-0.2, 0) is 13.6 Å². The Morgan fingerprint density at radius 2 is 1.85 bits per heavy atom. The lowest BCUT2D eigenvalue weighted by Gasteiger charge is -2.20. The number of anilines is 1. The zero-order valence-electron chi connectivity index (χ0n) is 25.1. The summed E-state index contributed by atoms with van der Waals surface area (Å²) < 4.78 is 7.33. The predicted octanol–water partition coefficient (Wildman–Crippen LogP) is 6.55. The van der Waals surface area contributed by atoms with E-state index in [0.29, 0.717) is 51.2 Å². The van der Waals surface area contributed by atoms with Gasteiger partial charge in [-0.2, -0.15) is 10.2 Å². The van der Waals surface area contributed by atoms with Crippen LogP contribution in [0, 0.1) is 6.92 Å². The number of halogens is 1. The van der Waals surface area contributed by atoms with Crippen LogP contribution >= 0.6 is 11.6 Å². The van der Waals surface area contributed by atoms with Crippen molar-refractivity contribution in [1.82, 2.24) is 34.8 Å². The number of benzene rings is 1. The molecule has 0 bridgehead atoms. The molecule has 6 aromatic rings. The number of rotatable bonds is 9. The quantitative estimate of drug-likeness (QED) is 0.185. The minimum atomic E-state index is -0.319. The monoisotopic (exact) mass is 632 g/mol. The molecule has 1 fully saturated rings. The van der Waals surface area contributed by atoms with Crippen LogP contribution in [0.25, 0.3) is 33.8 Å². The molecule has 7 rings (SSSR count). The Kier molecular flexibility index (Phi) is 7.67. The summed E-state index contributed by atoms with van der Waals surface area (Å²) in [5.41, 5.74) is 4.86. The average molecular weight is 633 g/mol. The van der Waals surface area contributed by atoms with Crippen molar-refractivity contribution in [2.75, 3.05) is 5.32 Å². The highest BCUT2D eigenvalue weighted by atomic mass is 35.5. The number of amides is 2. The van der Waals surface area contributed by atoms with Crippen LogP contribution in [-0.4, -0.2) is 52.7 Å². The summed E-state index contributed by atoms with van der Waals surface area (Å²) in [7, 11) is 1.76. The third-order valence-corrected chi connectivity index (χ3v) is 8.26. The van der Waals surface area contributed by atoms with Crippen molar-refractivity contribution in [1.29, 1.82) is 0 Å². The second-order valence-electron chi connectivity index (χ2n) is 11.2. The summed E-state index contributed by atoms with van der Waals surface area (Å²) >= 11 is 6.89. The van der Waals surface area contributed by atoms with Gasteiger partial charge in [0.2, 0.25) is 0 Å². The second-order valence-corrected chi connectivity index (χ2v) is 11.5. The molecular weight excluding hydrogens is 604 g/mol. The zero-order chi connectivity index (χ0) is 31.8. The van der Waals surface area contributed by atoms with Crippen molar-refractivity contribution in [3.63, 3.8) is 0 Å². The zero-order valence-corrected chi connectivity index (χ0v) is 25.8. The van der Waals surface area contributed by atoms with Crippen molar-refractivity contribution in [2.45, 2.75) is 32.4 Å². The Hall–Kier alpha value is -5.55. The Balaban J connectivity index is 1.07. The first-order valence-corrected chi connectivity index (χ1v) is 15.1. The molecule has 5 aromatic heterocycles. The maximum Gasteiger partial charge on any atom is 0.275 e. The molecule has 0 atom stereocenters. The number of nitrogens with zero attached hydrogens (tertiary/aromatic N) is 6. The van der Waals surface area contributed by atoms with Gasteiger partial charge in [0.15, 0.2) is 5.69 Å². The maximum absolute atomic E-state index is 13.5. The van der Waals surface area contributed by atoms with Crippen molar-refractivity contribution < 1.29 is 14.0 Å². The van der Waals surface area contributed by atoms with Crippen LogP contribution < -0.4 is 5.32 Å². The van der Waals surface area contributed by atoms with E-state index in [0.717, 1.165) is 35.6 Å². The van der Waals surface area contributed by atoms with Crippen molar-refractivity contribution >= 4 is 29.2 Å². The summed E-state index contributed by atoms with van der Waals surface area (Å²) in [4.78, 5) is 36.9.